The Bertz CT molecular complexity index is 619. The first-order chi connectivity index (χ1) is 10.6. The van der Waals surface area contributed by atoms with Crippen molar-refractivity contribution >= 4 is 11.7 Å². The number of pyridine rings is 1. The summed E-state index contributed by atoms with van der Waals surface area (Å²) in [6.45, 7) is -2.55. The smallest absolute Gasteiger partial charge is 0.387 e. The standard InChI is InChI=1S/C13H13F2N5O2/c1-16-12(21)10-4-5-11(20-19-10)18-6-8-2-3-9(7-17-8)22-13(14)15/h2-5,7,13H,6H2,1H3,(H,16,21)(H,18,20). The highest BCUT2D eigenvalue weighted by Gasteiger charge is 2.06. The average Bonchev–Trinajstić information content (AvgIpc) is 2.53. The lowest BCUT2D eigenvalue weighted by Crippen LogP contribution is -2.19. The molecule has 0 aromatic carbocycles. The van der Waals surface area contributed by atoms with E-state index in [-0.39, 0.29) is 17.4 Å². The molecule has 0 atom stereocenters. The van der Waals surface area contributed by atoms with Gasteiger partial charge in [-0.2, -0.15) is 8.78 Å². The monoisotopic (exact) mass is 309 g/mol. The summed E-state index contributed by atoms with van der Waals surface area (Å²) in [6.07, 6.45) is 1.21. The molecule has 7 nitrogen and oxygen atoms in total. The zero-order valence-electron chi connectivity index (χ0n) is 11.6. The molecule has 0 aliphatic rings. The van der Waals surface area contributed by atoms with Crippen LogP contribution in [0.1, 0.15) is 16.2 Å². The summed E-state index contributed by atoms with van der Waals surface area (Å²) in [5, 5.41) is 13.0. The van der Waals surface area contributed by atoms with Crippen LogP contribution in [-0.2, 0) is 6.54 Å². The fourth-order valence-corrected chi connectivity index (χ4v) is 1.54. The fraction of sp³-hybridized carbons (Fsp3) is 0.231. The topological polar surface area (TPSA) is 89.0 Å². The Labute approximate surface area is 124 Å². The molecule has 0 aliphatic heterocycles. The molecule has 0 aliphatic carbocycles. The predicted molar refractivity (Wildman–Crippen MR) is 73.6 cm³/mol. The van der Waals surface area contributed by atoms with E-state index in [9.17, 15) is 13.6 Å². The first kappa shape index (κ1) is 15.5. The molecule has 2 aromatic heterocycles. The van der Waals surface area contributed by atoms with E-state index in [4.69, 9.17) is 0 Å². The van der Waals surface area contributed by atoms with Crippen LogP contribution in [0.4, 0.5) is 14.6 Å². The van der Waals surface area contributed by atoms with Gasteiger partial charge in [0.2, 0.25) is 0 Å². The Balaban J connectivity index is 1.91. The lowest BCUT2D eigenvalue weighted by Gasteiger charge is -2.07. The van der Waals surface area contributed by atoms with Crippen LogP contribution in [0, 0.1) is 0 Å². The molecule has 2 rings (SSSR count). The van der Waals surface area contributed by atoms with Gasteiger partial charge < -0.3 is 15.4 Å². The van der Waals surface area contributed by atoms with Crippen molar-refractivity contribution in [2.24, 2.45) is 0 Å². The van der Waals surface area contributed by atoms with E-state index in [1.807, 2.05) is 0 Å². The number of hydrogen-bond donors (Lipinski definition) is 2. The Morgan fingerprint density at radius 1 is 1.27 bits per heavy atom. The summed E-state index contributed by atoms with van der Waals surface area (Å²) < 4.78 is 28.2. The van der Waals surface area contributed by atoms with Crippen LogP contribution < -0.4 is 15.4 Å². The van der Waals surface area contributed by atoms with E-state index in [2.05, 4.69) is 30.6 Å². The highest BCUT2D eigenvalue weighted by Crippen LogP contribution is 2.13. The molecule has 2 aromatic rings. The predicted octanol–water partition coefficient (Wildman–Crippen LogP) is 1.44. The molecule has 0 bridgehead atoms. The Hall–Kier alpha value is -2.84. The van der Waals surface area contributed by atoms with Crippen molar-refractivity contribution in [2.75, 3.05) is 12.4 Å². The number of alkyl halides is 2. The number of hydrogen-bond acceptors (Lipinski definition) is 6. The van der Waals surface area contributed by atoms with E-state index < -0.39 is 6.61 Å². The minimum atomic E-state index is -2.88. The van der Waals surface area contributed by atoms with Crippen molar-refractivity contribution in [2.45, 2.75) is 13.2 Å². The molecule has 0 unspecified atom stereocenters. The molecule has 9 heteroatoms. The van der Waals surface area contributed by atoms with Gasteiger partial charge in [-0.05, 0) is 24.3 Å². The third-order valence-corrected chi connectivity index (χ3v) is 2.60. The highest BCUT2D eigenvalue weighted by atomic mass is 19.3. The third kappa shape index (κ3) is 4.33. The fourth-order valence-electron chi connectivity index (χ4n) is 1.54. The van der Waals surface area contributed by atoms with Gasteiger partial charge in [0.1, 0.15) is 11.6 Å². The van der Waals surface area contributed by atoms with Gasteiger partial charge in [0.05, 0.1) is 18.4 Å². The molecule has 0 spiro atoms. The van der Waals surface area contributed by atoms with Crippen molar-refractivity contribution < 1.29 is 18.3 Å². The van der Waals surface area contributed by atoms with Crippen LogP contribution in [-0.4, -0.2) is 34.7 Å². The Morgan fingerprint density at radius 3 is 2.64 bits per heavy atom. The Kier molecular flexibility index (Phi) is 5.12. The van der Waals surface area contributed by atoms with Crippen LogP contribution in [0.15, 0.2) is 30.5 Å². The number of nitrogens with zero attached hydrogens (tertiary/aromatic N) is 3. The van der Waals surface area contributed by atoms with Crippen LogP contribution >= 0.6 is 0 Å². The summed E-state index contributed by atoms with van der Waals surface area (Å²) >= 11 is 0. The number of amides is 1. The van der Waals surface area contributed by atoms with E-state index in [0.717, 1.165) is 0 Å². The summed E-state index contributed by atoms with van der Waals surface area (Å²) in [7, 11) is 1.50. The van der Waals surface area contributed by atoms with Crippen molar-refractivity contribution in [3.63, 3.8) is 0 Å². The van der Waals surface area contributed by atoms with E-state index in [1.165, 1.54) is 25.4 Å². The number of carbonyl (C=O) groups excluding carboxylic acids is 1. The number of aromatic nitrogens is 3. The molecule has 0 fully saturated rings. The molecule has 1 amide bonds. The summed E-state index contributed by atoms with van der Waals surface area (Å²) in [6, 6.07) is 6.08. The van der Waals surface area contributed by atoms with Crippen LogP contribution in [0.25, 0.3) is 0 Å². The van der Waals surface area contributed by atoms with Crippen LogP contribution in [0.5, 0.6) is 5.75 Å². The average molecular weight is 309 g/mol. The second-order valence-electron chi connectivity index (χ2n) is 4.10. The molecular weight excluding hydrogens is 296 g/mol. The van der Waals surface area contributed by atoms with Gasteiger partial charge in [-0.25, -0.2) is 0 Å². The minimum Gasteiger partial charge on any atom is -0.433 e. The van der Waals surface area contributed by atoms with Crippen molar-refractivity contribution in [3.8, 4) is 5.75 Å². The van der Waals surface area contributed by atoms with Gasteiger partial charge in [0.25, 0.3) is 5.91 Å². The van der Waals surface area contributed by atoms with Crippen LogP contribution in [0.3, 0.4) is 0 Å². The number of halogens is 2. The van der Waals surface area contributed by atoms with E-state index >= 15 is 0 Å². The molecule has 0 saturated carbocycles. The van der Waals surface area contributed by atoms with Gasteiger partial charge >= 0.3 is 6.61 Å². The zero-order chi connectivity index (χ0) is 15.9. The number of carbonyl (C=O) groups is 1. The third-order valence-electron chi connectivity index (χ3n) is 2.60. The van der Waals surface area contributed by atoms with E-state index in [0.29, 0.717) is 18.1 Å². The van der Waals surface area contributed by atoms with Crippen molar-refractivity contribution in [1.29, 1.82) is 0 Å². The molecule has 22 heavy (non-hydrogen) atoms. The first-order valence-corrected chi connectivity index (χ1v) is 6.28. The minimum absolute atomic E-state index is 0.00604. The van der Waals surface area contributed by atoms with Gasteiger partial charge in [0, 0.05) is 7.05 Å². The SMILES string of the molecule is CNC(=O)c1ccc(NCc2ccc(OC(F)F)cn2)nn1. The van der Waals surface area contributed by atoms with Gasteiger partial charge in [-0.15, -0.1) is 10.2 Å². The zero-order valence-corrected chi connectivity index (χ0v) is 11.6. The highest BCUT2D eigenvalue weighted by molar-refractivity contribution is 5.91. The van der Waals surface area contributed by atoms with Gasteiger partial charge in [0.15, 0.2) is 5.69 Å². The number of rotatable bonds is 6. The van der Waals surface area contributed by atoms with Crippen molar-refractivity contribution in [1.82, 2.24) is 20.5 Å². The van der Waals surface area contributed by atoms with Crippen LogP contribution in [0.2, 0.25) is 0 Å². The maximum absolute atomic E-state index is 12.0. The quantitative estimate of drug-likeness (QED) is 0.839. The summed E-state index contributed by atoms with van der Waals surface area (Å²) in [5.74, 6) is 0.131. The molecular formula is C13H13F2N5O2. The lowest BCUT2D eigenvalue weighted by atomic mass is 10.3. The maximum Gasteiger partial charge on any atom is 0.387 e. The molecule has 2 N–H and O–H groups in total. The normalized spacial score (nSPS) is 10.4. The molecule has 0 saturated heterocycles. The number of nitrogens with one attached hydrogen (secondary N) is 2. The second kappa shape index (κ2) is 7.25. The molecule has 2 heterocycles. The number of anilines is 1. The summed E-state index contributed by atoms with van der Waals surface area (Å²) in [5.41, 5.74) is 0.818. The first-order valence-electron chi connectivity index (χ1n) is 6.28. The summed E-state index contributed by atoms with van der Waals surface area (Å²) in [4.78, 5) is 15.3. The Morgan fingerprint density at radius 2 is 2.09 bits per heavy atom. The molecule has 0 radical (unpaired) electrons. The second-order valence-corrected chi connectivity index (χ2v) is 4.10. The van der Waals surface area contributed by atoms with E-state index in [1.54, 1.807) is 12.1 Å². The number of ether oxygens (including phenoxy) is 1. The molecule has 116 valence electrons. The van der Waals surface area contributed by atoms with Gasteiger partial charge in [-0.1, -0.05) is 0 Å². The largest absolute Gasteiger partial charge is 0.433 e. The van der Waals surface area contributed by atoms with Crippen molar-refractivity contribution in [3.05, 3.63) is 41.9 Å². The van der Waals surface area contributed by atoms with Gasteiger partial charge in [-0.3, -0.25) is 9.78 Å². The maximum atomic E-state index is 12.0. The lowest BCUT2D eigenvalue weighted by molar-refractivity contribution is -0.0500.